The van der Waals surface area contributed by atoms with E-state index in [4.69, 9.17) is 0 Å². The van der Waals surface area contributed by atoms with Crippen LogP contribution in [0.25, 0.3) is 0 Å². The summed E-state index contributed by atoms with van der Waals surface area (Å²) < 4.78 is -0.510. The second-order valence-electron chi connectivity index (χ2n) is 7.11. The summed E-state index contributed by atoms with van der Waals surface area (Å²) in [7, 11) is 0. The van der Waals surface area contributed by atoms with Crippen LogP contribution in [0.4, 0.5) is 0 Å². The molecule has 0 saturated carbocycles. The van der Waals surface area contributed by atoms with Crippen molar-refractivity contribution in [2.24, 2.45) is 5.92 Å². The van der Waals surface area contributed by atoms with Crippen LogP contribution in [-0.2, 0) is 14.4 Å². The quantitative estimate of drug-likeness (QED) is 0.515. The van der Waals surface area contributed by atoms with E-state index in [1.54, 1.807) is 0 Å². The van der Waals surface area contributed by atoms with Crippen molar-refractivity contribution in [3.63, 3.8) is 0 Å². The molecular formula is C17H27NO4S. The summed E-state index contributed by atoms with van der Waals surface area (Å²) in [6, 6.07) is -0.787. The number of aliphatic carboxylic acids is 1. The largest absolute Gasteiger partial charge is 0.480 e. The molecule has 2 heterocycles. The third-order valence-corrected chi connectivity index (χ3v) is 6.42. The molecule has 0 aromatic carbocycles. The zero-order valence-corrected chi connectivity index (χ0v) is 15.0. The molecule has 0 aromatic rings. The predicted octanol–water partition coefficient (Wildman–Crippen LogP) is 3.07. The highest BCUT2D eigenvalue weighted by Crippen LogP contribution is 2.54. The molecule has 1 N–H and O–H groups in total. The molecular weight excluding hydrogens is 314 g/mol. The van der Waals surface area contributed by atoms with Crippen molar-refractivity contribution in [1.82, 2.24) is 4.90 Å². The molecule has 5 nitrogen and oxygen atoms in total. The van der Waals surface area contributed by atoms with Gasteiger partial charge in [0, 0.05) is 17.6 Å². The fourth-order valence-corrected chi connectivity index (χ4v) is 5.23. The molecule has 2 aliphatic rings. The fourth-order valence-electron chi connectivity index (χ4n) is 3.55. The summed E-state index contributed by atoms with van der Waals surface area (Å²) in [5, 5.41) is 9.22. The van der Waals surface area contributed by atoms with Gasteiger partial charge >= 0.3 is 5.97 Å². The Kier molecular flexibility index (Phi) is 5.76. The number of fused-ring (bicyclic) bond motifs is 1. The second kappa shape index (κ2) is 7.24. The number of carboxylic acids is 1. The van der Waals surface area contributed by atoms with Crippen LogP contribution in [0.15, 0.2) is 0 Å². The number of rotatable bonds is 9. The highest BCUT2D eigenvalue weighted by Gasteiger charge is 2.63. The Balaban J connectivity index is 1.84. The van der Waals surface area contributed by atoms with E-state index in [-0.39, 0.29) is 29.4 Å². The van der Waals surface area contributed by atoms with Crippen molar-refractivity contribution >= 4 is 29.4 Å². The second-order valence-corrected chi connectivity index (χ2v) is 8.88. The third-order valence-electron chi connectivity index (χ3n) is 4.79. The van der Waals surface area contributed by atoms with Crippen molar-refractivity contribution in [2.45, 2.75) is 81.9 Å². The number of unbranched alkanes of at least 4 members (excludes halogenated alkanes) is 4. The maximum absolute atomic E-state index is 12.3. The van der Waals surface area contributed by atoms with Gasteiger partial charge in [-0.15, -0.1) is 11.8 Å². The Morgan fingerprint density at radius 2 is 1.87 bits per heavy atom. The SMILES string of the molecule is CCCCCCCC(=O)CC1C(=O)N2C1SC(C)(C)C2C(=O)O. The van der Waals surface area contributed by atoms with Gasteiger partial charge in [-0.1, -0.05) is 32.6 Å². The van der Waals surface area contributed by atoms with E-state index < -0.39 is 16.8 Å². The lowest BCUT2D eigenvalue weighted by Gasteiger charge is -2.43. The summed E-state index contributed by atoms with van der Waals surface area (Å²) in [4.78, 5) is 37.3. The molecule has 3 atom stereocenters. The standard InChI is InChI=1S/C17H27NO4S/c1-4-5-6-7-8-9-11(19)10-12-14(20)18-13(16(21)22)17(2,3)23-15(12)18/h12-13,15H,4-10H2,1-3H3,(H,21,22). The molecule has 3 unspecified atom stereocenters. The van der Waals surface area contributed by atoms with Crippen LogP contribution in [-0.4, -0.2) is 43.8 Å². The van der Waals surface area contributed by atoms with Gasteiger partial charge in [-0.05, 0) is 20.3 Å². The van der Waals surface area contributed by atoms with Crippen LogP contribution in [0, 0.1) is 5.92 Å². The van der Waals surface area contributed by atoms with Gasteiger partial charge in [0.15, 0.2) is 0 Å². The lowest BCUT2D eigenvalue weighted by Crippen LogP contribution is -2.62. The van der Waals surface area contributed by atoms with Gasteiger partial charge in [0.2, 0.25) is 5.91 Å². The number of carbonyl (C=O) groups excluding carboxylic acids is 2. The molecule has 1 amide bonds. The molecule has 2 saturated heterocycles. The topological polar surface area (TPSA) is 74.7 Å². The van der Waals surface area contributed by atoms with E-state index in [9.17, 15) is 19.5 Å². The molecule has 2 rings (SSSR count). The Bertz CT molecular complexity index is 491. The number of β-lactam (4-membered cyclic amide) rings is 1. The van der Waals surface area contributed by atoms with E-state index in [1.165, 1.54) is 29.5 Å². The summed E-state index contributed by atoms with van der Waals surface area (Å²) in [5.41, 5.74) is 0. The molecule has 6 heteroatoms. The number of nitrogens with zero attached hydrogens (tertiary/aromatic N) is 1. The summed E-state index contributed by atoms with van der Waals surface area (Å²) in [5.74, 6) is -1.32. The van der Waals surface area contributed by atoms with E-state index in [2.05, 4.69) is 6.92 Å². The predicted molar refractivity (Wildman–Crippen MR) is 90.2 cm³/mol. The summed E-state index contributed by atoms with van der Waals surface area (Å²) in [6.45, 7) is 5.87. The van der Waals surface area contributed by atoms with E-state index in [0.29, 0.717) is 6.42 Å². The monoisotopic (exact) mass is 341 g/mol. The van der Waals surface area contributed by atoms with Crippen LogP contribution in [0.3, 0.4) is 0 Å². The Morgan fingerprint density at radius 1 is 1.22 bits per heavy atom. The van der Waals surface area contributed by atoms with Gasteiger partial charge in [-0.3, -0.25) is 9.59 Å². The van der Waals surface area contributed by atoms with Crippen LogP contribution < -0.4 is 0 Å². The number of amides is 1. The normalized spacial score (nSPS) is 28.4. The molecule has 2 fully saturated rings. The highest BCUT2D eigenvalue weighted by atomic mass is 32.2. The number of carboxylic acid groups (broad SMARTS) is 1. The van der Waals surface area contributed by atoms with Crippen molar-refractivity contribution in [2.75, 3.05) is 0 Å². The average molecular weight is 341 g/mol. The molecule has 130 valence electrons. The summed E-state index contributed by atoms with van der Waals surface area (Å²) in [6.07, 6.45) is 6.31. The molecule has 23 heavy (non-hydrogen) atoms. The van der Waals surface area contributed by atoms with Crippen LogP contribution in [0.2, 0.25) is 0 Å². The van der Waals surface area contributed by atoms with Gasteiger partial charge in [0.05, 0.1) is 11.3 Å². The average Bonchev–Trinajstić information content (AvgIpc) is 2.73. The first-order chi connectivity index (χ1) is 10.8. The van der Waals surface area contributed by atoms with E-state index >= 15 is 0 Å². The van der Waals surface area contributed by atoms with Crippen molar-refractivity contribution in [1.29, 1.82) is 0 Å². The molecule has 0 radical (unpaired) electrons. The minimum atomic E-state index is -0.959. The summed E-state index contributed by atoms with van der Waals surface area (Å²) >= 11 is 1.51. The Hall–Kier alpha value is -1.04. The first-order valence-electron chi connectivity index (χ1n) is 8.54. The third kappa shape index (κ3) is 3.73. The molecule has 0 aliphatic carbocycles. The first kappa shape index (κ1) is 18.3. The number of hydrogen-bond donors (Lipinski definition) is 1. The smallest absolute Gasteiger partial charge is 0.327 e. The minimum absolute atomic E-state index is 0.136. The van der Waals surface area contributed by atoms with Crippen molar-refractivity contribution < 1.29 is 19.5 Å². The van der Waals surface area contributed by atoms with E-state index in [0.717, 1.165) is 19.3 Å². The minimum Gasteiger partial charge on any atom is -0.480 e. The number of hydrogen-bond acceptors (Lipinski definition) is 4. The zero-order valence-electron chi connectivity index (χ0n) is 14.2. The maximum atomic E-state index is 12.3. The Labute approximate surface area is 142 Å². The van der Waals surface area contributed by atoms with Gasteiger partial charge in [0.25, 0.3) is 0 Å². The fraction of sp³-hybridized carbons (Fsp3) is 0.824. The maximum Gasteiger partial charge on any atom is 0.327 e. The van der Waals surface area contributed by atoms with Gasteiger partial charge in [-0.2, -0.15) is 0 Å². The van der Waals surface area contributed by atoms with Crippen LogP contribution in [0.5, 0.6) is 0 Å². The Morgan fingerprint density at radius 3 is 2.48 bits per heavy atom. The van der Waals surface area contributed by atoms with Crippen LogP contribution >= 0.6 is 11.8 Å². The lowest BCUT2D eigenvalue weighted by molar-refractivity contribution is -0.164. The number of ketones is 1. The lowest BCUT2D eigenvalue weighted by atomic mass is 9.87. The number of thioether (sulfide) groups is 1. The van der Waals surface area contributed by atoms with Crippen LogP contribution in [0.1, 0.15) is 65.7 Å². The molecule has 0 spiro atoms. The van der Waals surface area contributed by atoms with Gasteiger partial charge in [-0.25, -0.2) is 4.79 Å². The number of carbonyl (C=O) groups is 3. The van der Waals surface area contributed by atoms with Gasteiger partial charge < -0.3 is 10.0 Å². The first-order valence-corrected chi connectivity index (χ1v) is 9.42. The zero-order chi connectivity index (χ0) is 17.2. The van der Waals surface area contributed by atoms with Crippen molar-refractivity contribution in [3.8, 4) is 0 Å². The van der Waals surface area contributed by atoms with E-state index in [1.807, 2.05) is 13.8 Å². The van der Waals surface area contributed by atoms with Gasteiger partial charge in [0.1, 0.15) is 11.8 Å². The highest BCUT2D eigenvalue weighted by molar-refractivity contribution is 8.01. The molecule has 0 aromatic heterocycles. The number of Topliss-reactive ketones (excluding diaryl/α,β-unsaturated/α-hetero) is 1. The molecule has 0 bridgehead atoms. The molecule has 2 aliphatic heterocycles. The van der Waals surface area contributed by atoms with Crippen molar-refractivity contribution in [3.05, 3.63) is 0 Å².